The minimum absolute atomic E-state index is 0.462. The first-order valence-electron chi connectivity index (χ1n) is 41.0. The summed E-state index contributed by atoms with van der Waals surface area (Å²) in [6.07, 6.45) is 0. The van der Waals surface area contributed by atoms with Gasteiger partial charge in [-0.05, 0) is 162 Å². The van der Waals surface area contributed by atoms with Gasteiger partial charge in [0, 0.05) is 86.9 Å². The van der Waals surface area contributed by atoms with Crippen LogP contribution in [0.3, 0.4) is 0 Å². The molecule has 22 rings (SSSR count). The van der Waals surface area contributed by atoms with E-state index in [1.54, 1.807) is 0 Å². The van der Waals surface area contributed by atoms with Crippen LogP contribution >= 0.6 is 14.3 Å². The lowest BCUT2D eigenvalue weighted by atomic mass is 9.99. The fourth-order valence-electron chi connectivity index (χ4n) is 17.9. The maximum absolute atomic E-state index is 15.2. The fraction of sp³-hybridized carbons (Fsp3) is 0. The number of benzene rings is 18. The predicted octanol–water partition coefficient (Wildman–Crippen LogP) is 25.3. The Hall–Kier alpha value is -16.6. The molecule has 11 nitrogen and oxygen atoms in total. The summed E-state index contributed by atoms with van der Waals surface area (Å²) in [6.45, 7) is 0. The average molecular weight is 1640 g/mol. The smallest absolute Gasteiger partial charge is 0.174 e. The summed E-state index contributed by atoms with van der Waals surface area (Å²) in [5, 5.41) is 52.6. The second kappa shape index (κ2) is 32.8. The number of nitriles is 4. The molecule has 0 aliphatic heterocycles. The molecule has 0 N–H and O–H groups in total. The molecular formula is C112H72N8O3P2. The van der Waals surface area contributed by atoms with Crippen LogP contribution in [0.25, 0.3) is 132 Å². The van der Waals surface area contributed by atoms with Gasteiger partial charge in [-0.3, -0.25) is 0 Å². The minimum Gasteiger partial charge on any atom is -0.456 e. The van der Waals surface area contributed by atoms with E-state index in [0.717, 1.165) is 121 Å². The van der Waals surface area contributed by atoms with Crippen LogP contribution in [-0.4, -0.2) is 18.3 Å². The van der Waals surface area contributed by atoms with E-state index in [1.807, 2.05) is 261 Å². The molecule has 0 aliphatic carbocycles. The molecule has 125 heavy (non-hydrogen) atoms. The largest absolute Gasteiger partial charge is 0.456 e. The van der Waals surface area contributed by atoms with Crippen molar-refractivity contribution in [3.8, 4) is 80.8 Å². The van der Waals surface area contributed by atoms with E-state index in [0.29, 0.717) is 44.4 Å². The van der Waals surface area contributed by atoms with Gasteiger partial charge in [0.05, 0.1) is 101 Å². The van der Waals surface area contributed by atoms with Crippen LogP contribution < -0.4 is 36.6 Å². The lowest BCUT2D eigenvalue weighted by Gasteiger charge is -2.25. The van der Waals surface area contributed by atoms with Crippen molar-refractivity contribution < 1.29 is 13.9 Å². The lowest BCUT2D eigenvalue weighted by molar-refractivity contribution is 0.489. The van der Waals surface area contributed by atoms with Crippen molar-refractivity contribution in [3.63, 3.8) is 0 Å². The fourth-order valence-corrected chi connectivity index (χ4v) is 23.4. The number of hydrogen-bond acceptors (Lipinski definition) is 7. The molecule has 0 saturated carbocycles. The highest BCUT2D eigenvalue weighted by molar-refractivity contribution is 7.86. The summed E-state index contributed by atoms with van der Waals surface area (Å²) in [5.41, 5.74) is 18.8. The number of rotatable bonds is 14. The Morgan fingerprint density at radius 2 is 0.544 bits per heavy atom. The molecule has 0 radical (unpaired) electrons. The summed E-state index contributed by atoms with van der Waals surface area (Å²) in [4.78, 5) is 0. The lowest BCUT2D eigenvalue weighted by Crippen LogP contribution is -2.27. The zero-order valence-electron chi connectivity index (χ0n) is 67.3. The number of ether oxygens (including phenoxy) is 1. The zero-order chi connectivity index (χ0) is 84.5. The van der Waals surface area contributed by atoms with E-state index in [1.165, 1.54) is 32.6 Å². The minimum atomic E-state index is -3.32. The van der Waals surface area contributed by atoms with Gasteiger partial charge in [-0.25, -0.2) is 0 Å². The van der Waals surface area contributed by atoms with Crippen LogP contribution in [0.4, 0.5) is 0 Å². The third-order valence-electron chi connectivity index (χ3n) is 23.4. The Bertz CT molecular complexity index is 7830. The number of aromatic nitrogens is 4. The zero-order valence-corrected chi connectivity index (χ0v) is 69.1. The quantitative estimate of drug-likeness (QED) is 0.0980. The first-order valence-corrected chi connectivity index (χ1v) is 44.5. The molecule has 0 spiro atoms. The Kier molecular flexibility index (Phi) is 20.2. The van der Waals surface area contributed by atoms with Gasteiger partial charge >= 0.3 is 0 Å². The monoisotopic (exact) mass is 1640 g/mol. The van der Waals surface area contributed by atoms with Crippen molar-refractivity contribution in [1.82, 2.24) is 18.3 Å². The Balaban J connectivity index is 0.000000119. The Morgan fingerprint density at radius 3 is 0.936 bits per heavy atom. The number of fused-ring (bicyclic) bond motifs is 12. The second-order valence-corrected chi connectivity index (χ2v) is 36.0. The van der Waals surface area contributed by atoms with Gasteiger partial charge in [-0.15, -0.1) is 0 Å². The van der Waals surface area contributed by atoms with Gasteiger partial charge in [-0.1, -0.05) is 291 Å². The van der Waals surface area contributed by atoms with Crippen LogP contribution in [-0.2, 0) is 9.13 Å². The third kappa shape index (κ3) is 13.7. The summed E-state index contributed by atoms with van der Waals surface area (Å²) in [7, 11) is -6.63. The first-order chi connectivity index (χ1) is 61.6. The average Bonchev–Trinajstić information content (AvgIpc) is 1.71. The van der Waals surface area contributed by atoms with Crippen LogP contribution in [0, 0.1) is 45.3 Å². The number of nitrogens with zero attached hydrogens (tertiary/aromatic N) is 8. The van der Waals surface area contributed by atoms with Crippen LogP contribution in [0.15, 0.2) is 437 Å². The van der Waals surface area contributed by atoms with Crippen molar-refractivity contribution in [2.75, 3.05) is 0 Å². The summed E-state index contributed by atoms with van der Waals surface area (Å²) >= 11 is 0. The Labute approximate surface area is 721 Å². The molecule has 0 amide bonds. The van der Waals surface area contributed by atoms with Gasteiger partial charge < -0.3 is 32.1 Å². The highest BCUT2D eigenvalue weighted by Gasteiger charge is 2.36. The van der Waals surface area contributed by atoms with E-state index in [9.17, 15) is 21.0 Å². The summed E-state index contributed by atoms with van der Waals surface area (Å²) in [5.74, 6) is 0.923. The molecule has 588 valence electrons. The topological polar surface area (TPSA) is 158 Å². The van der Waals surface area contributed by atoms with Crippen molar-refractivity contribution in [3.05, 3.63) is 459 Å². The summed E-state index contributed by atoms with van der Waals surface area (Å²) < 4.78 is 46.1. The van der Waals surface area contributed by atoms with Crippen LogP contribution in [0.5, 0.6) is 11.5 Å². The molecule has 0 atom stereocenters. The molecule has 0 bridgehead atoms. The van der Waals surface area contributed by atoms with E-state index in [2.05, 4.69) is 218 Å². The molecule has 4 heterocycles. The third-order valence-corrected chi connectivity index (χ3v) is 29.6. The van der Waals surface area contributed by atoms with Crippen molar-refractivity contribution in [2.45, 2.75) is 0 Å². The van der Waals surface area contributed by atoms with Crippen molar-refractivity contribution in [1.29, 1.82) is 21.0 Å². The number of para-hydroxylation sites is 9. The SMILES string of the molecule is N#Cc1cc(-c2cccc(-n3c4ccccc4c4ccccc43)c2)cc(-n2c3ccccc3c3ccccc32)c1.N#Cc1ccc2c(c1)c1cc(C#N)ccc1n2-c1cccc(-c2cccc(C#N)c2-n2c3ccccc3c3ccccc32)c1.O=P(c1ccccc1)(c1ccccc1)c1ccccc1Oc1ccccc1P(=O)(c1ccccc1)c1ccccc1. The molecule has 18 aromatic carbocycles. The van der Waals surface area contributed by atoms with Crippen molar-refractivity contribution >= 4 is 133 Å². The molecule has 0 aliphatic rings. The highest BCUT2D eigenvalue weighted by Crippen LogP contribution is 2.50. The standard InChI is InChI=1S/C39H21N5.C37H23N3.C36H28O3P2/c40-22-25-15-17-37-33(19-25)34-20-26(23-41)16-18-38(34)43(37)29-9-5-7-27(21-29)30-12-6-8-28(24-42)39(30)44-35-13-3-1-10-31(35)32-11-2-4-14-36(32)44;38-24-25-20-27(23-29(21-25)40-36-18-7-3-14-32(36)33-15-4-8-19-37(33)40)26-10-9-11-28(22-26)39-34-16-5-1-12-30(34)31-13-2-6-17-35(31)39;37-40(29-17-5-1-6-18-29,30-19-7-2-8-20-30)35-27-15-13-25-33(35)39-34-26-14-16-28-36(34)41(38,31-21-9-3-10-22-31)32-23-11-4-12-24-32/h1-21H;1-23H;1-28H. The molecular weight excluding hydrogens is 1570 g/mol. The number of hydrogen-bond donors (Lipinski definition) is 0. The molecule has 0 unspecified atom stereocenters. The molecule has 13 heteroatoms. The summed E-state index contributed by atoms with van der Waals surface area (Å²) in [6, 6.07) is 153. The van der Waals surface area contributed by atoms with Crippen LogP contribution in [0.2, 0.25) is 0 Å². The molecule has 22 aromatic rings. The van der Waals surface area contributed by atoms with E-state index < -0.39 is 14.3 Å². The Morgan fingerprint density at radius 1 is 0.224 bits per heavy atom. The maximum Gasteiger partial charge on any atom is 0.174 e. The van der Waals surface area contributed by atoms with Gasteiger partial charge in [-0.2, -0.15) is 21.0 Å². The predicted molar refractivity (Wildman–Crippen MR) is 512 cm³/mol. The second-order valence-electron chi connectivity index (χ2n) is 30.5. The normalized spacial score (nSPS) is 11.4. The van der Waals surface area contributed by atoms with E-state index in [-0.39, 0.29) is 0 Å². The van der Waals surface area contributed by atoms with E-state index >= 15 is 9.13 Å². The molecule has 4 aromatic heterocycles. The van der Waals surface area contributed by atoms with Gasteiger partial charge in [0.2, 0.25) is 0 Å². The van der Waals surface area contributed by atoms with E-state index in [4.69, 9.17) is 4.74 Å². The highest BCUT2D eigenvalue weighted by atomic mass is 31.2. The van der Waals surface area contributed by atoms with Crippen molar-refractivity contribution in [2.24, 2.45) is 0 Å². The maximum atomic E-state index is 15.2. The molecule has 0 saturated heterocycles. The first kappa shape index (κ1) is 77.0. The van der Waals surface area contributed by atoms with Gasteiger partial charge in [0.15, 0.2) is 14.3 Å². The molecule has 0 fully saturated rings. The van der Waals surface area contributed by atoms with Gasteiger partial charge in [0.25, 0.3) is 0 Å². The van der Waals surface area contributed by atoms with Gasteiger partial charge in [0.1, 0.15) is 17.6 Å². The van der Waals surface area contributed by atoms with Crippen LogP contribution in [0.1, 0.15) is 22.3 Å².